The summed E-state index contributed by atoms with van der Waals surface area (Å²) in [5.41, 5.74) is 1.19. The Morgan fingerprint density at radius 1 is 1.37 bits per heavy atom. The number of nitrogens with zero attached hydrogens (tertiary/aromatic N) is 3. The normalized spacial score (nSPS) is 12.9. The van der Waals surface area contributed by atoms with Crippen molar-refractivity contribution in [3.63, 3.8) is 0 Å². The zero-order chi connectivity index (χ0) is 21.7. The lowest BCUT2D eigenvalue weighted by Crippen LogP contribution is -2.17. The van der Waals surface area contributed by atoms with Crippen molar-refractivity contribution in [2.24, 2.45) is 0 Å². The van der Waals surface area contributed by atoms with Crippen molar-refractivity contribution in [1.29, 1.82) is 0 Å². The fourth-order valence-corrected chi connectivity index (χ4v) is 4.61. The molecule has 2 aromatic heterocycles. The van der Waals surface area contributed by atoms with Gasteiger partial charge in [0.1, 0.15) is 11.2 Å². The first-order valence-electron chi connectivity index (χ1n) is 9.81. The lowest BCUT2D eigenvalue weighted by Gasteiger charge is -2.12. The molecule has 0 unspecified atom stereocenters. The molecular weight excluding hydrogens is 412 g/mol. The largest absolute Gasteiger partial charge is 0.475 e. The Kier molecular flexibility index (Phi) is 7.03. The van der Waals surface area contributed by atoms with E-state index >= 15 is 0 Å². The summed E-state index contributed by atoms with van der Waals surface area (Å²) in [6.07, 6.45) is 5.74. The summed E-state index contributed by atoms with van der Waals surface area (Å²) in [5, 5.41) is 18.3. The van der Waals surface area contributed by atoms with Gasteiger partial charge < -0.3 is 14.8 Å². The lowest BCUT2D eigenvalue weighted by molar-refractivity contribution is -0.385. The first kappa shape index (κ1) is 21.8. The van der Waals surface area contributed by atoms with Gasteiger partial charge in [0.15, 0.2) is 0 Å². The molecule has 1 amide bonds. The number of esters is 1. The van der Waals surface area contributed by atoms with E-state index < -0.39 is 10.9 Å². The number of amides is 1. The number of thiophene rings is 1. The Bertz CT molecular complexity index is 951. The van der Waals surface area contributed by atoms with Crippen LogP contribution in [0.5, 0.6) is 5.88 Å². The maximum absolute atomic E-state index is 12.6. The number of nitro groups is 1. The van der Waals surface area contributed by atoms with Crippen LogP contribution in [0, 0.1) is 10.1 Å². The van der Waals surface area contributed by atoms with Gasteiger partial charge in [-0.2, -0.15) is 0 Å². The van der Waals surface area contributed by atoms with Crippen molar-refractivity contribution in [2.75, 3.05) is 19.0 Å². The number of ether oxygens (including phenoxy) is 2. The van der Waals surface area contributed by atoms with Crippen molar-refractivity contribution >= 4 is 33.9 Å². The number of fused-ring (bicyclic) bond motifs is 1. The van der Waals surface area contributed by atoms with E-state index in [4.69, 9.17) is 9.47 Å². The summed E-state index contributed by atoms with van der Waals surface area (Å²) in [7, 11) is 1.30. The number of hydrogen-bond donors (Lipinski definition) is 1. The highest BCUT2D eigenvalue weighted by atomic mass is 32.1. The molecule has 10 nitrogen and oxygen atoms in total. The van der Waals surface area contributed by atoms with Gasteiger partial charge in [0.25, 0.3) is 0 Å². The van der Waals surface area contributed by atoms with Crippen LogP contribution in [0.3, 0.4) is 0 Å². The highest BCUT2D eigenvalue weighted by Crippen LogP contribution is 2.38. The van der Waals surface area contributed by atoms with Gasteiger partial charge in [-0.25, -0.2) is 4.79 Å². The highest BCUT2D eigenvalue weighted by molar-refractivity contribution is 7.17. The van der Waals surface area contributed by atoms with Crippen LogP contribution < -0.4 is 10.1 Å². The van der Waals surface area contributed by atoms with Crippen molar-refractivity contribution in [3.05, 3.63) is 32.3 Å². The maximum Gasteiger partial charge on any atom is 0.350 e. The fraction of sp³-hybridized carbons (Fsp3) is 0.526. The highest BCUT2D eigenvalue weighted by Gasteiger charge is 2.27. The fourth-order valence-electron chi connectivity index (χ4n) is 3.32. The summed E-state index contributed by atoms with van der Waals surface area (Å²) in [6, 6.07) is 0. The molecule has 1 N–H and O–H groups in total. The molecular formula is C19H24N4O6S. The lowest BCUT2D eigenvalue weighted by atomic mass is 9.95. The summed E-state index contributed by atoms with van der Waals surface area (Å²) < 4.78 is 11.5. The minimum Gasteiger partial charge on any atom is -0.475 e. The van der Waals surface area contributed by atoms with Crippen molar-refractivity contribution in [2.45, 2.75) is 52.0 Å². The average Bonchev–Trinajstić information content (AvgIpc) is 3.31. The number of carbonyl (C=O) groups is 2. The number of anilines is 1. The third-order valence-corrected chi connectivity index (χ3v) is 5.94. The molecule has 11 heteroatoms. The molecule has 1 aliphatic rings. The Morgan fingerprint density at radius 3 is 2.80 bits per heavy atom. The minimum atomic E-state index is -0.591. The van der Waals surface area contributed by atoms with Gasteiger partial charge in [0, 0.05) is 11.3 Å². The summed E-state index contributed by atoms with van der Waals surface area (Å²) in [5.74, 6) is -0.818. The van der Waals surface area contributed by atoms with E-state index in [1.165, 1.54) is 29.3 Å². The molecule has 0 aliphatic heterocycles. The number of aryl methyl sites for hydroxylation is 2. The Labute approximate surface area is 177 Å². The van der Waals surface area contributed by atoms with Crippen molar-refractivity contribution in [3.8, 4) is 5.88 Å². The average molecular weight is 436 g/mol. The van der Waals surface area contributed by atoms with E-state index in [9.17, 15) is 19.7 Å². The second-order valence-electron chi connectivity index (χ2n) is 6.89. The van der Waals surface area contributed by atoms with E-state index in [1.54, 1.807) is 0 Å². The number of nitrogens with one attached hydrogen (secondary N) is 1. The number of rotatable bonds is 9. The predicted molar refractivity (Wildman–Crippen MR) is 110 cm³/mol. The van der Waals surface area contributed by atoms with Gasteiger partial charge in [0.2, 0.25) is 5.91 Å². The molecule has 0 atom stereocenters. The second-order valence-corrected chi connectivity index (χ2v) is 8.00. The zero-order valence-corrected chi connectivity index (χ0v) is 17.8. The molecule has 0 fully saturated rings. The van der Waals surface area contributed by atoms with Gasteiger partial charge >= 0.3 is 17.5 Å². The number of methoxy groups -OCH3 is 1. The van der Waals surface area contributed by atoms with Gasteiger partial charge in [-0.15, -0.1) is 16.4 Å². The molecule has 30 heavy (non-hydrogen) atoms. The number of carbonyl (C=O) groups excluding carboxylic acids is 2. The standard InChI is InChI=1S/C19H24N4O6S/c1-3-10-29-19(25)16-12-6-4-5-7-14(12)30-18(16)20-15(24)8-9-22-11-13(23(26)27)17(21-22)28-2/h11H,3-10H2,1-2H3,(H,20,24). The molecule has 0 aromatic carbocycles. The first-order chi connectivity index (χ1) is 14.4. The topological polar surface area (TPSA) is 126 Å². The minimum absolute atomic E-state index is 0.0357. The zero-order valence-electron chi connectivity index (χ0n) is 16.9. The van der Waals surface area contributed by atoms with E-state index in [2.05, 4.69) is 10.4 Å². The molecule has 0 bridgehead atoms. The molecule has 162 valence electrons. The van der Waals surface area contributed by atoms with E-state index in [-0.39, 0.29) is 30.4 Å². The van der Waals surface area contributed by atoms with Gasteiger partial charge in [-0.05, 0) is 37.7 Å². The first-order valence-corrected chi connectivity index (χ1v) is 10.6. The van der Waals surface area contributed by atoms with E-state index in [0.717, 1.165) is 42.5 Å². The Morgan fingerprint density at radius 2 is 2.13 bits per heavy atom. The van der Waals surface area contributed by atoms with Gasteiger partial charge in [0.05, 0.1) is 30.7 Å². The monoisotopic (exact) mass is 436 g/mol. The van der Waals surface area contributed by atoms with Crippen molar-refractivity contribution < 1.29 is 24.0 Å². The molecule has 1 aliphatic carbocycles. The van der Waals surface area contributed by atoms with Crippen LogP contribution in [0.1, 0.15) is 53.4 Å². The summed E-state index contributed by atoms with van der Waals surface area (Å²) in [4.78, 5) is 36.6. The predicted octanol–water partition coefficient (Wildman–Crippen LogP) is 3.34. The smallest absolute Gasteiger partial charge is 0.350 e. The van der Waals surface area contributed by atoms with Crippen molar-refractivity contribution in [1.82, 2.24) is 9.78 Å². The SMILES string of the molecule is CCCOC(=O)c1c(NC(=O)CCn2cc([N+](=O)[O-])c(OC)n2)sc2c1CCCC2. The second kappa shape index (κ2) is 9.70. The van der Waals surface area contributed by atoms with Crippen LogP contribution >= 0.6 is 11.3 Å². The van der Waals surface area contributed by atoms with Crippen LogP contribution in [0.25, 0.3) is 0 Å². The molecule has 2 aromatic rings. The van der Waals surface area contributed by atoms with Crippen LogP contribution in [0.4, 0.5) is 10.7 Å². The summed E-state index contributed by atoms with van der Waals surface area (Å²) >= 11 is 1.42. The van der Waals surface area contributed by atoms with Gasteiger partial charge in [-0.3, -0.25) is 19.6 Å². The van der Waals surface area contributed by atoms with Gasteiger partial charge in [-0.1, -0.05) is 6.92 Å². The maximum atomic E-state index is 12.6. The number of hydrogen-bond acceptors (Lipinski definition) is 8. The molecule has 0 saturated heterocycles. The molecule has 2 heterocycles. The van der Waals surface area contributed by atoms with E-state index in [1.807, 2.05) is 6.92 Å². The third-order valence-electron chi connectivity index (χ3n) is 4.73. The van der Waals surface area contributed by atoms with Crippen LogP contribution in [-0.2, 0) is 28.9 Å². The number of aromatic nitrogens is 2. The molecule has 0 saturated carbocycles. The van der Waals surface area contributed by atoms with Crippen LogP contribution in [0.2, 0.25) is 0 Å². The van der Waals surface area contributed by atoms with Crippen LogP contribution in [-0.4, -0.2) is 40.3 Å². The Balaban J connectivity index is 1.71. The quantitative estimate of drug-likeness (QED) is 0.363. The molecule has 3 rings (SSSR count). The summed E-state index contributed by atoms with van der Waals surface area (Å²) in [6.45, 7) is 2.39. The third kappa shape index (κ3) is 4.78. The molecule has 0 radical (unpaired) electrons. The van der Waals surface area contributed by atoms with E-state index in [0.29, 0.717) is 17.2 Å². The molecule has 0 spiro atoms. The Hall–Kier alpha value is -2.95. The van der Waals surface area contributed by atoms with Crippen LogP contribution in [0.15, 0.2) is 6.20 Å².